The molecule has 1 fully saturated rings. The van der Waals surface area contributed by atoms with Crippen LogP contribution in [0.15, 0.2) is 23.1 Å². The highest BCUT2D eigenvalue weighted by Crippen LogP contribution is 2.40. The van der Waals surface area contributed by atoms with Crippen LogP contribution in [0.4, 0.5) is 5.69 Å². The Kier molecular flexibility index (Phi) is 3.86. The van der Waals surface area contributed by atoms with Gasteiger partial charge in [-0.05, 0) is 24.8 Å². The maximum absolute atomic E-state index is 11.4. The van der Waals surface area contributed by atoms with Gasteiger partial charge in [-0.25, -0.2) is 0 Å². The summed E-state index contributed by atoms with van der Waals surface area (Å²) in [6, 6.07) is 3.80. The molecule has 1 aromatic rings. The van der Waals surface area contributed by atoms with Crippen molar-refractivity contribution in [1.29, 1.82) is 0 Å². The molecule has 0 amide bonds. The molecule has 6 nitrogen and oxygen atoms in total. The van der Waals surface area contributed by atoms with Crippen LogP contribution in [0.2, 0.25) is 0 Å². The Morgan fingerprint density at radius 3 is 2.37 bits per heavy atom. The molecule has 0 atom stereocenters. The van der Waals surface area contributed by atoms with Gasteiger partial charge in [0.15, 0.2) is 0 Å². The van der Waals surface area contributed by atoms with Crippen LogP contribution in [-0.2, 0) is 10.1 Å². The van der Waals surface area contributed by atoms with Crippen LogP contribution in [0.25, 0.3) is 0 Å². The minimum Gasteiger partial charge on any atom is -0.282 e. The molecular weight excluding hydrogens is 270 g/mol. The SMILES string of the molecule is O=[N+]([O-])c1cccc(S(=O)(=O)O)c1C1CCCCC1. The lowest BCUT2D eigenvalue weighted by atomic mass is 9.83. The van der Waals surface area contributed by atoms with E-state index in [0.717, 1.165) is 19.3 Å². The minimum atomic E-state index is -4.44. The summed E-state index contributed by atoms with van der Waals surface area (Å²) in [5.74, 6) is -0.174. The lowest BCUT2D eigenvalue weighted by Crippen LogP contribution is -2.13. The fraction of sp³-hybridized carbons (Fsp3) is 0.500. The van der Waals surface area contributed by atoms with Crippen LogP contribution in [0.3, 0.4) is 0 Å². The molecular formula is C12H15NO5S. The zero-order chi connectivity index (χ0) is 14.0. The second-order valence-corrected chi connectivity index (χ2v) is 6.15. The van der Waals surface area contributed by atoms with Crippen molar-refractivity contribution in [1.82, 2.24) is 0 Å². The molecule has 0 heterocycles. The van der Waals surface area contributed by atoms with E-state index in [1.165, 1.54) is 18.2 Å². The van der Waals surface area contributed by atoms with E-state index in [-0.39, 0.29) is 22.1 Å². The van der Waals surface area contributed by atoms with Crippen LogP contribution < -0.4 is 0 Å². The number of rotatable bonds is 3. The number of nitro groups is 1. The fourth-order valence-corrected chi connectivity index (χ4v) is 3.52. The van der Waals surface area contributed by atoms with Crippen molar-refractivity contribution < 1.29 is 17.9 Å². The normalized spacial score (nSPS) is 17.3. The first kappa shape index (κ1) is 14.0. The van der Waals surface area contributed by atoms with Crippen molar-refractivity contribution >= 4 is 15.8 Å². The highest BCUT2D eigenvalue weighted by atomic mass is 32.2. The second-order valence-electron chi connectivity index (χ2n) is 4.76. The van der Waals surface area contributed by atoms with Crippen molar-refractivity contribution in [3.63, 3.8) is 0 Å². The lowest BCUT2D eigenvalue weighted by molar-refractivity contribution is -0.386. The zero-order valence-electron chi connectivity index (χ0n) is 10.3. The van der Waals surface area contributed by atoms with Gasteiger partial charge in [0.1, 0.15) is 4.90 Å². The number of hydrogen-bond donors (Lipinski definition) is 1. The first-order valence-electron chi connectivity index (χ1n) is 6.16. The third-order valence-electron chi connectivity index (χ3n) is 3.53. The van der Waals surface area contributed by atoms with Crippen molar-refractivity contribution in [3.05, 3.63) is 33.9 Å². The maximum Gasteiger partial charge on any atom is 0.295 e. The Morgan fingerprint density at radius 2 is 1.84 bits per heavy atom. The van der Waals surface area contributed by atoms with E-state index >= 15 is 0 Å². The molecule has 0 radical (unpaired) electrons. The van der Waals surface area contributed by atoms with Crippen LogP contribution >= 0.6 is 0 Å². The van der Waals surface area contributed by atoms with Gasteiger partial charge >= 0.3 is 0 Å². The lowest BCUT2D eigenvalue weighted by Gasteiger charge is -2.23. The largest absolute Gasteiger partial charge is 0.295 e. The van der Waals surface area contributed by atoms with E-state index in [4.69, 9.17) is 0 Å². The summed E-state index contributed by atoms with van der Waals surface area (Å²) in [6.07, 6.45) is 4.32. The van der Waals surface area contributed by atoms with Gasteiger partial charge in [0.2, 0.25) is 0 Å². The zero-order valence-corrected chi connectivity index (χ0v) is 11.1. The van der Waals surface area contributed by atoms with Gasteiger partial charge in [0, 0.05) is 6.07 Å². The number of benzene rings is 1. The summed E-state index contributed by atoms with van der Waals surface area (Å²) in [7, 11) is -4.44. The molecule has 0 bridgehead atoms. The molecule has 1 aromatic carbocycles. The highest BCUT2D eigenvalue weighted by Gasteiger charge is 2.30. The third kappa shape index (κ3) is 2.93. The topological polar surface area (TPSA) is 97.5 Å². The molecule has 1 aliphatic carbocycles. The average Bonchev–Trinajstić information content (AvgIpc) is 2.37. The van der Waals surface area contributed by atoms with E-state index in [1.807, 2.05) is 0 Å². The average molecular weight is 285 g/mol. The Labute approximate surface area is 111 Å². The summed E-state index contributed by atoms with van der Waals surface area (Å²) >= 11 is 0. The van der Waals surface area contributed by atoms with Gasteiger partial charge in [-0.15, -0.1) is 0 Å². The molecule has 1 saturated carbocycles. The van der Waals surface area contributed by atoms with Gasteiger partial charge < -0.3 is 0 Å². The molecule has 0 aromatic heterocycles. The predicted molar refractivity (Wildman–Crippen MR) is 68.7 cm³/mol. The standard InChI is InChI=1S/C12H15NO5S/c14-13(15)10-7-4-8-11(19(16,17)18)12(10)9-5-2-1-3-6-9/h4,7-9H,1-3,5-6H2,(H,16,17,18). The monoisotopic (exact) mass is 285 g/mol. The maximum atomic E-state index is 11.4. The molecule has 7 heteroatoms. The quantitative estimate of drug-likeness (QED) is 0.523. The van der Waals surface area contributed by atoms with Crippen LogP contribution in [-0.4, -0.2) is 17.9 Å². The molecule has 0 saturated heterocycles. The van der Waals surface area contributed by atoms with Gasteiger partial charge in [0.05, 0.1) is 10.5 Å². The fourth-order valence-electron chi connectivity index (χ4n) is 2.72. The summed E-state index contributed by atoms with van der Waals surface area (Å²) in [4.78, 5) is 10.2. The molecule has 1 aliphatic rings. The summed E-state index contributed by atoms with van der Waals surface area (Å²) in [5, 5.41) is 11.1. The van der Waals surface area contributed by atoms with E-state index in [1.54, 1.807) is 0 Å². The summed E-state index contributed by atoms with van der Waals surface area (Å²) < 4.78 is 32.1. The Balaban J connectivity index is 2.62. The third-order valence-corrected chi connectivity index (χ3v) is 4.44. The van der Waals surface area contributed by atoms with Gasteiger partial charge in [-0.3, -0.25) is 14.7 Å². The minimum absolute atomic E-state index is 0.162. The molecule has 19 heavy (non-hydrogen) atoms. The van der Waals surface area contributed by atoms with E-state index < -0.39 is 15.0 Å². The molecule has 1 N–H and O–H groups in total. The van der Waals surface area contributed by atoms with Gasteiger partial charge in [-0.1, -0.05) is 25.3 Å². The Hall–Kier alpha value is -1.47. The molecule has 0 spiro atoms. The van der Waals surface area contributed by atoms with E-state index in [9.17, 15) is 23.1 Å². The van der Waals surface area contributed by atoms with Gasteiger partial charge in [-0.2, -0.15) is 8.42 Å². The Morgan fingerprint density at radius 1 is 1.21 bits per heavy atom. The number of nitrogens with zero attached hydrogens (tertiary/aromatic N) is 1. The van der Waals surface area contributed by atoms with Crippen LogP contribution in [0, 0.1) is 10.1 Å². The molecule has 2 rings (SSSR count). The van der Waals surface area contributed by atoms with Crippen LogP contribution in [0.1, 0.15) is 43.6 Å². The van der Waals surface area contributed by atoms with E-state index in [0.29, 0.717) is 12.8 Å². The van der Waals surface area contributed by atoms with E-state index in [2.05, 4.69) is 0 Å². The van der Waals surface area contributed by atoms with Crippen molar-refractivity contribution in [3.8, 4) is 0 Å². The summed E-state index contributed by atoms with van der Waals surface area (Å²) in [5.41, 5.74) is -0.0586. The second kappa shape index (κ2) is 5.26. The molecule has 104 valence electrons. The Bertz CT molecular complexity index is 590. The van der Waals surface area contributed by atoms with Crippen molar-refractivity contribution in [2.75, 3.05) is 0 Å². The predicted octanol–water partition coefficient (Wildman–Crippen LogP) is 2.89. The van der Waals surface area contributed by atoms with Crippen molar-refractivity contribution in [2.24, 2.45) is 0 Å². The first-order chi connectivity index (χ1) is 8.91. The van der Waals surface area contributed by atoms with Crippen LogP contribution in [0.5, 0.6) is 0 Å². The van der Waals surface area contributed by atoms with Gasteiger partial charge in [0.25, 0.3) is 15.8 Å². The number of nitro benzene ring substituents is 1. The smallest absolute Gasteiger partial charge is 0.282 e. The van der Waals surface area contributed by atoms with Crippen molar-refractivity contribution in [2.45, 2.75) is 42.9 Å². The first-order valence-corrected chi connectivity index (χ1v) is 7.60. The molecule has 0 unspecified atom stereocenters. The molecule has 0 aliphatic heterocycles. The summed E-state index contributed by atoms with van der Waals surface area (Å²) in [6.45, 7) is 0. The highest BCUT2D eigenvalue weighted by molar-refractivity contribution is 7.85. The number of hydrogen-bond acceptors (Lipinski definition) is 4.